The molecule has 33 heavy (non-hydrogen) atoms. The number of nitrogens with zero attached hydrogens (tertiary/aromatic N) is 4. The normalized spacial score (nSPS) is 10.5. The van der Waals surface area contributed by atoms with E-state index in [0.717, 1.165) is 17.0 Å². The van der Waals surface area contributed by atoms with Crippen LogP contribution in [0.2, 0.25) is 0 Å². The van der Waals surface area contributed by atoms with Crippen molar-refractivity contribution in [2.75, 3.05) is 11.9 Å². The van der Waals surface area contributed by atoms with Gasteiger partial charge in [0.25, 0.3) is 5.91 Å². The Kier molecular flexibility index (Phi) is 6.62. The van der Waals surface area contributed by atoms with Crippen molar-refractivity contribution in [2.24, 2.45) is 5.84 Å². The molecule has 0 aliphatic carbocycles. The highest BCUT2D eigenvalue weighted by Crippen LogP contribution is 2.36. The molecule has 0 aliphatic rings. The van der Waals surface area contributed by atoms with E-state index in [1.165, 1.54) is 17.5 Å². The van der Waals surface area contributed by atoms with Crippen LogP contribution in [0.5, 0.6) is 0 Å². The summed E-state index contributed by atoms with van der Waals surface area (Å²) in [6, 6.07) is 8.66. The van der Waals surface area contributed by atoms with Crippen LogP contribution >= 0.6 is 11.3 Å². The second kappa shape index (κ2) is 9.94. The lowest BCUT2D eigenvalue weighted by atomic mass is 10.0. The zero-order valence-corrected chi connectivity index (χ0v) is 18.4. The molecule has 0 bridgehead atoms. The van der Waals surface area contributed by atoms with Gasteiger partial charge in [-0.15, -0.1) is 11.3 Å². The number of pyridine rings is 3. The maximum atomic E-state index is 12.0. The number of hydrazine groups is 1. The lowest BCUT2D eigenvalue weighted by Gasteiger charge is -2.11. The molecule has 0 fully saturated rings. The van der Waals surface area contributed by atoms with Crippen molar-refractivity contribution in [2.45, 2.75) is 6.92 Å². The molecule has 4 aromatic heterocycles. The van der Waals surface area contributed by atoms with Crippen LogP contribution in [0, 0.1) is 0 Å². The predicted octanol–water partition coefficient (Wildman–Crippen LogP) is 3.07. The Morgan fingerprint density at radius 1 is 1.06 bits per heavy atom. The van der Waals surface area contributed by atoms with Gasteiger partial charge in [0.05, 0.1) is 11.3 Å². The number of hydrogen-bond acceptors (Lipinski definition) is 8. The van der Waals surface area contributed by atoms with Gasteiger partial charge >= 0.3 is 6.03 Å². The number of aromatic nitrogens is 4. The van der Waals surface area contributed by atoms with E-state index in [1.54, 1.807) is 30.7 Å². The molecule has 0 aliphatic heterocycles. The number of amides is 3. The molecule has 4 rings (SSSR count). The quantitative estimate of drug-likeness (QED) is 0.196. The minimum atomic E-state index is -0.458. The van der Waals surface area contributed by atoms with Gasteiger partial charge in [-0.2, -0.15) is 0 Å². The molecule has 0 radical (unpaired) electrons. The SMILES string of the molecule is CCNC(=O)Nc1cc(-c2nc(-c3ccccn3)cs2)c(-c2cncc(C(=O)NN)c2)cn1. The fourth-order valence-corrected chi connectivity index (χ4v) is 3.92. The topological polar surface area (TPSA) is 148 Å². The van der Waals surface area contributed by atoms with Gasteiger partial charge in [-0.25, -0.2) is 20.6 Å². The number of hydrogen-bond donors (Lipinski definition) is 4. The maximum absolute atomic E-state index is 12.0. The molecule has 4 heterocycles. The molecule has 0 saturated carbocycles. The summed E-state index contributed by atoms with van der Waals surface area (Å²) in [6.45, 7) is 2.31. The number of nitrogens with one attached hydrogen (secondary N) is 3. The Morgan fingerprint density at radius 2 is 1.94 bits per heavy atom. The van der Waals surface area contributed by atoms with Crippen LogP contribution in [-0.4, -0.2) is 38.4 Å². The lowest BCUT2D eigenvalue weighted by molar-refractivity contribution is 0.0953. The molecule has 11 heteroatoms. The number of thiazole rings is 1. The van der Waals surface area contributed by atoms with Crippen molar-refractivity contribution in [3.8, 4) is 33.1 Å². The summed E-state index contributed by atoms with van der Waals surface area (Å²) in [5.74, 6) is 5.16. The fraction of sp³-hybridized carbons (Fsp3) is 0.0909. The maximum Gasteiger partial charge on any atom is 0.320 e. The Balaban J connectivity index is 1.80. The summed E-state index contributed by atoms with van der Waals surface area (Å²) in [5.41, 5.74) is 5.95. The van der Waals surface area contributed by atoms with E-state index < -0.39 is 5.91 Å². The Hall–Kier alpha value is -4.22. The van der Waals surface area contributed by atoms with Crippen LogP contribution in [0.3, 0.4) is 0 Å². The largest absolute Gasteiger partial charge is 0.338 e. The van der Waals surface area contributed by atoms with Crippen molar-refractivity contribution in [3.05, 3.63) is 66.1 Å². The number of nitrogens with two attached hydrogens (primary N) is 1. The van der Waals surface area contributed by atoms with E-state index in [-0.39, 0.29) is 6.03 Å². The number of urea groups is 1. The van der Waals surface area contributed by atoms with Crippen LogP contribution in [0.1, 0.15) is 17.3 Å². The zero-order chi connectivity index (χ0) is 23.2. The molecule has 4 aromatic rings. The average Bonchev–Trinajstić information content (AvgIpc) is 3.34. The summed E-state index contributed by atoms with van der Waals surface area (Å²) >= 11 is 1.43. The molecular weight excluding hydrogens is 440 g/mol. The van der Waals surface area contributed by atoms with Crippen molar-refractivity contribution >= 4 is 29.1 Å². The highest BCUT2D eigenvalue weighted by Gasteiger charge is 2.17. The summed E-state index contributed by atoms with van der Waals surface area (Å²) in [5, 5.41) is 8.00. The second-order valence-electron chi connectivity index (χ2n) is 6.79. The van der Waals surface area contributed by atoms with Crippen molar-refractivity contribution in [1.82, 2.24) is 30.7 Å². The summed E-state index contributed by atoms with van der Waals surface area (Å²) in [7, 11) is 0. The van der Waals surface area contributed by atoms with E-state index in [0.29, 0.717) is 34.1 Å². The van der Waals surface area contributed by atoms with E-state index in [4.69, 9.17) is 10.8 Å². The predicted molar refractivity (Wildman–Crippen MR) is 126 cm³/mol. The van der Waals surface area contributed by atoms with Gasteiger partial charge in [0.1, 0.15) is 16.5 Å². The van der Waals surface area contributed by atoms with Crippen molar-refractivity contribution < 1.29 is 9.59 Å². The third-order valence-corrected chi connectivity index (χ3v) is 5.46. The van der Waals surface area contributed by atoms with Crippen LogP contribution in [0.4, 0.5) is 10.6 Å². The molecule has 3 amide bonds. The Labute approximate surface area is 193 Å². The minimum absolute atomic E-state index is 0.304. The fourth-order valence-electron chi connectivity index (χ4n) is 3.08. The minimum Gasteiger partial charge on any atom is -0.338 e. The third-order valence-electron chi connectivity index (χ3n) is 4.59. The Bertz CT molecular complexity index is 1290. The number of carbonyl (C=O) groups is 2. The summed E-state index contributed by atoms with van der Waals surface area (Å²) in [4.78, 5) is 41.6. The number of carbonyl (C=O) groups excluding carboxylic acids is 2. The third kappa shape index (κ3) is 5.00. The molecule has 0 aromatic carbocycles. The van der Waals surface area contributed by atoms with E-state index >= 15 is 0 Å². The van der Waals surface area contributed by atoms with Gasteiger partial charge in [-0.05, 0) is 31.2 Å². The molecule has 0 saturated heterocycles. The smallest absolute Gasteiger partial charge is 0.320 e. The molecule has 0 atom stereocenters. The molecule has 5 N–H and O–H groups in total. The first-order valence-corrected chi connectivity index (χ1v) is 10.9. The number of rotatable bonds is 6. The standard InChI is InChI=1S/C22H20N8O2S/c1-2-25-22(32)29-19-8-15(21-28-18(12-33-21)17-5-3-4-6-26-17)16(11-27-19)13-7-14(10-24-9-13)20(31)30-23/h3-12H,2,23H2,1H3,(H,30,31)(H2,25,27,29,32). The van der Waals surface area contributed by atoms with Crippen LogP contribution < -0.4 is 21.9 Å². The summed E-state index contributed by atoms with van der Waals surface area (Å²) < 4.78 is 0. The average molecular weight is 461 g/mol. The van der Waals surface area contributed by atoms with E-state index in [9.17, 15) is 9.59 Å². The molecule has 0 spiro atoms. The molecule has 0 unspecified atom stereocenters. The van der Waals surface area contributed by atoms with E-state index in [1.807, 2.05) is 30.5 Å². The van der Waals surface area contributed by atoms with Crippen LogP contribution in [0.25, 0.3) is 33.1 Å². The van der Waals surface area contributed by atoms with Gasteiger partial charge in [0.15, 0.2) is 0 Å². The van der Waals surface area contributed by atoms with Gasteiger partial charge in [0, 0.05) is 53.4 Å². The zero-order valence-electron chi connectivity index (χ0n) is 17.6. The first-order valence-electron chi connectivity index (χ1n) is 9.97. The Morgan fingerprint density at radius 3 is 2.70 bits per heavy atom. The second-order valence-corrected chi connectivity index (χ2v) is 7.65. The van der Waals surface area contributed by atoms with Gasteiger partial charge in [-0.1, -0.05) is 6.07 Å². The summed E-state index contributed by atoms with van der Waals surface area (Å²) in [6.07, 6.45) is 6.37. The van der Waals surface area contributed by atoms with Crippen LogP contribution in [0.15, 0.2) is 60.5 Å². The first-order chi connectivity index (χ1) is 16.1. The molecular formula is C22H20N8O2S. The lowest BCUT2D eigenvalue weighted by Crippen LogP contribution is -2.30. The van der Waals surface area contributed by atoms with Gasteiger partial charge in [0.2, 0.25) is 0 Å². The highest BCUT2D eigenvalue weighted by atomic mass is 32.1. The number of nitrogen functional groups attached to an aromatic ring is 1. The van der Waals surface area contributed by atoms with E-state index in [2.05, 4.69) is 31.0 Å². The highest BCUT2D eigenvalue weighted by molar-refractivity contribution is 7.13. The molecule has 166 valence electrons. The van der Waals surface area contributed by atoms with Crippen LogP contribution in [-0.2, 0) is 0 Å². The number of anilines is 1. The molecule has 10 nitrogen and oxygen atoms in total. The van der Waals surface area contributed by atoms with Crippen molar-refractivity contribution in [1.29, 1.82) is 0 Å². The van der Waals surface area contributed by atoms with Gasteiger partial charge in [-0.3, -0.25) is 25.5 Å². The first kappa shape index (κ1) is 22.0. The van der Waals surface area contributed by atoms with Crippen molar-refractivity contribution in [3.63, 3.8) is 0 Å². The monoisotopic (exact) mass is 460 g/mol. The van der Waals surface area contributed by atoms with Gasteiger partial charge < -0.3 is 5.32 Å².